The van der Waals surface area contributed by atoms with Gasteiger partial charge in [-0.15, -0.1) is 0 Å². The second-order valence-electron chi connectivity index (χ2n) is 3.63. The first kappa shape index (κ1) is 13.6. The molecule has 0 fully saturated rings. The molecule has 2 aromatic carbocycles. The summed E-state index contributed by atoms with van der Waals surface area (Å²) in [6.07, 6.45) is 0. The van der Waals surface area contributed by atoms with E-state index < -0.39 is 0 Å². The van der Waals surface area contributed by atoms with Crippen LogP contribution in [-0.2, 0) is 0 Å². The van der Waals surface area contributed by atoms with Crippen molar-refractivity contribution < 1.29 is 9.90 Å². The average Bonchev–Trinajstić information content (AvgIpc) is 2.35. The molecule has 5 heteroatoms. The Hall–Kier alpha value is -0.830. The fourth-order valence-corrected chi connectivity index (χ4v) is 2.09. The van der Waals surface area contributed by atoms with E-state index in [2.05, 4.69) is 27.9 Å². The molecule has 0 spiro atoms. The Morgan fingerprint density at radius 1 is 1.06 bits per heavy atom. The fourth-order valence-electron chi connectivity index (χ4n) is 1.39. The summed E-state index contributed by atoms with van der Waals surface area (Å²) in [4.78, 5) is 11.9. The third-order valence-electron chi connectivity index (χ3n) is 2.31. The summed E-state index contributed by atoms with van der Waals surface area (Å²) >= 11 is 4.21. The zero-order valence-corrected chi connectivity index (χ0v) is 13.5. The van der Waals surface area contributed by atoms with Crippen LogP contribution in [0.4, 0.5) is 5.69 Å². The van der Waals surface area contributed by atoms with Crippen LogP contribution in [0.2, 0.25) is 0 Å². The van der Waals surface area contributed by atoms with E-state index >= 15 is 0 Å². The van der Waals surface area contributed by atoms with Gasteiger partial charge in [0.15, 0.2) is 0 Å². The molecule has 0 aliphatic rings. The van der Waals surface area contributed by atoms with Crippen molar-refractivity contribution in [3.63, 3.8) is 0 Å². The topological polar surface area (TPSA) is 49.3 Å². The summed E-state index contributed by atoms with van der Waals surface area (Å²) in [5.74, 6) is -0.117. The molecule has 0 saturated carbocycles. The first-order valence-electron chi connectivity index (χ1n) is 5.12. The van der Waals surface area contributed by atoms with E-state index in [0.717, 1.165) is 12.8 Å². The van der Waals surface area contributed by atoms with Gasteiger partial charge in [0, 0.05) is 14.8 Å². The molecule has 2 rings (SSSR count). The van der Waals surface area contributed by atoms with Gasteiger partial charge in [0.05, 0.1) is 3.57 Å². The van der Waals surface area contributed by atoms with Gasteiger partial charge in [-0.2, -0.15) is 0 Å². The number of nitrogens with one attached hydrogen (secondary N) is 1. The highest BCUT2D eigenvalue weighted by molar-refractivity contribution is 14.1. The third kappa shape index (κ3) is 3.35. The second-order valence-corrected chi connectivity index (χ2v) is 6.04. The summed E-state index contributed by atoms with van der Waals surface area (Å²) < 4.78 is 1.83. The molecule has 2 N–H and O–H groups in total. The van der Waals surface area contributed by atoms with E-state index in [9.17, 15) is 9.90 Å². The van der Waals surface area contributed by atoms with Gasteiger partial charge in [-0.25, -0.2) is 0 Å². The summed E-state index contributed by atoms with van der Waals surface area (Å²) in [6, 6.07) is 12.4. The predicted molar refractivity (Wildman–Crippen MR) is 87.9 cm³/mol. The normalized spacial score (nSPS) is 10.1. The number of phenolic OH excluding ortho intramolecular Hbond substituents is 1. The lowest BCUT2D eigenvalue weighted by atomic mass is 10.2. The highest BCUT2D eigenvalue weighted by Crippen LogP contribution is 2.21. The first-order valence-corrected chi connectivity index (χ1v) is 7.27. The molecule has 18 heavy (non-hydrogen) atoms. The summed E-state index contributed by atoms with van der Waals surface area (Å²) in [7, 11) is 0. The van der Waals surface area contributed by atoms with Crippen molar-refractivity contribution in [2.45, 2.75) is 0 Å². The lowest BCUT2D eigenvalue weighted by molar-refractivity contribution is 0.102. The smallest absolute Gasteiger partial charge is 0.255 e. The first-order chi connectivity index (χ1) is 8.56. The Balaban J connectivity index is 2.16. The Morgan fingerprint density at radius 2 is 1.72 bits per heavy atom. The number of hydrogen-bond donors (Lipinski definition) is 2. The SMILES string of the molecule is O=C(Nc1ccc(I)cc1)c1ccc(I)c(O)c1. The van der Waals surface area contributed by atoms with Crippen LogP contribution in [0, 0.1) is 7.14 Å². The number of rotatable bonds is 2. The summed E-state index contributed by atoms with van der Waals surface area (Å²) in [6.45, 7) is 0. The maximum atomic E-state index is 11.9. The maximum absolute atomic E-state index is 11.9. The third-order valence-corrected chi connectivity index (χ3v) is 3.94. The lowest BCUT2D eigenvalue weighted by Gasteiger charge is -2.06. The van der Waals surface area contributed by atoms with Crippen molar-refractivity contribution >= 4 is 56.8 Å². The lowest BCUT2D eigenvalue weighted by Crippen LogP contribution is -2.11. The minimum absolute atomic E-state index is 0.117. The number of phenols is 1. The molecule has 92 valence electrons. The van der Waals surface area contributed by atoms with Gasteiger partial charge >= 0.3 is 0 Å². The molecule has 0 radical (unpaired) electrons. The number of amides is 1. The van der Waals surface area contributed by atoms with Crippen molar-refractivity contribution in [2.24, 2.45) is 0 Å². The Bertz CT molecular complexity index is 582. The quantitative estimate of drug-likeness (QED) is 0.663. The van der Waals surface area contributed by atoms with Crippen molar-refractivity contribution in [3.05, 3.63) is 55.2 Å². The molecule has 1 amide bonds. The van der Waals surface area contributed by atoms with Crippen LogP contribution >= 0.6 is 45.2 Å². The van der Waals surface area contributed by atoms with Crippen LogP contribution in [0.1, 0.15) is 10.4 Å². The zero-order chi connectivity index (χ0) is 13.1. The highest BCUT2D eigenvalue weighted by Gasteiger charge is 2.08. The van der Waals surface area contributed by atoms with Gasteiger partial charge in [0.25, 0.3) is 5.91 Å². The molecular formula is C13H9I2NO2. The van der Waals surface area contributed by atoms with Crippen molar-refractivity contribution in [2.75, 3.05) is 5.32 Å². The molecule has 0 heterocycles. The van der Waals surface area contributed by atoms with Gasteiger partial charge in [-0.3, -0.25) is 4.79 Å². The number of carbonyl (C=O) groups excluding carboxylic acids is 1. The number of hydrogen-bond acceptors (Lipinski definition) is 2. The molecule has 0 bridgehead atoms. The molecule has 0 aliphatic heterocycles. The number of benzene rings is 2. The number of aromatic hydroxyl groups is 1. The molecule has 0 unspecified atom stereocenters. The standard InChI is InChI=1S/C13H9I2NO2/c14-9-2-4-10(5-3-9)16-13(18)8-1-6-11(15)12(17)7-8/h1-7,17H,(H,16,18). The van der Waals surface area contributed by atoms with Gasteiger partial charge in [-0.1, -0.05) is 0 Å². The fraction of sp³-hybridized carbons (Fsp3) is 0. The molecular weight excluding hydrogens is 456 g/mol. The second kappa shape index (κ2) is 5.87. The van der Waals surface area contributed by atoms with Gasteiger partial charge in [0.2, 0.25) is 0 Å². The Kier molecular flexibility index (Phi) is 4.44. The van der Waals surface area contributed by atoms with Crippen LogP contribution < -0.4 is 5.32 Å². The van der Waals surface area contributed by atoms with Crippen LogP contribution in [-0.4, -0.2) is 11.0 Å². The summed E-state index contributed by atoms with van der Waals surface area (Å²) in [5, 5.41) is 12.3. The minimum Gasteiger partial charge on any atom is -0.507 e. The van der Waals surface area contributed by atoms with E-state index in [4.69, 9.17) is 0 Å². The van der Waals surface area contributed by atoms with E-state index in [1.165, 1.54) is 6.07 Å². The predicted octanol–water partition coefficient (Wildman–Crippen LogP) is 3.85. The van der Waals surface area contributed by atoms with Crippen molar-refractivity contribution in [1.29, 1.82) is 0 Å². The van der Waals surface area contributed by atoms with Crippen molar-refractivity contribution in [3.8, 4) is 5.75 Å². The molecule has 0 aromatic heterocycles. The minimum atomic E-state index is -0.233. The van der Waals surface area contributed by atoms with E-state index in [1.54, 1.807) is 12.1 Å². The zero-order valence-electron chi connectivity index (χ0n) is 9.15. The monoisotopic (exact) mass is 465 g/mol. The molecule has 0 aliphatic carbocycles. The summed E-state index contributed by atoms with van der Waals surface area (Å²) in [5.41, 5.74) is 1.17. The molecule has 0 atom stereocenters. The highest BCUT2D eigenvalue weighted by atomic mass is 127. The molecule has 2 aromatic rings. The van der Waals surface area contributed by atoms with E-state index in [-0.39, 0.29) is 11.7 Å². The number of carbonyl (C=O) groups is 1. The van der Waals surface area contributed by atoms with Gasteiger partial charge in [-0.05, 0) is 87.6 Å². The van der Waals surface area contributed by atoms with E-state index in [1.807, 2.05) is 46.9 Å². The van der Waals surface area contributed by atoms with Gasteiger partial charge < -0.3 is 10.4 Å². The van der Waals surface area contributed by atoms with Gasteiger partial charge in [0.1, 0.15) is 5.75 Å². The Morgan fingerprint density at radius 3 is 2.33 bits per heavy atom. The molecule has 3 nitrogen and oxygen atoms in total. The van der Waals surface area contributed by atoms with Crippen LogP contribution in [0.15, 0.2) is 42.5 Å². The molecule has 0 saturated heterocycles. The average molecular weight is 465 g/mol. The number of halogens is 2. The van der Waals surface area contributed by atoms with Crippen LogP contribution in [0.5, 0.6) is 5.75 Å². The Labute approximate surface area is 132 Å². The maximum Gasteiger partial charge on any atom is 0.255 e. The largest absolute Gasteiger partial charge is 0.507 e. The van der Waals surface area contributed by atoms with Crippen molar-refractivity contribution in [1.82, 2.24) is 0 Å². The number of anilines is 1. The van der Waals surface area contributed by atoms with Crippen LogP contribution in [0.25, 0.3) is 0 Å². The van der Waals surface area contributed by atoms with Crippen LogP contribution in [0.3, 0.4) is 0 Å². The van der Waals surface area contributed by atoms with E-state index in [0.29, 0.717) is 5.56 Å².